The van der Waals surface area contributed by atoms with Gasteiger partial charge in [0.05, 0.1) is 22.6 Å². The van der Waals surface area contributed by atoms with Gasteiger partial charge in [0, 0.05) is 44.0 Å². The van der Waals surface area contributed by atoms with Gasteiger partial charge in [0.1, 0.15) is 11.4 Å². The maximum absolute atomic E-state index is 13.8. The summed E-state index contributed by atoms with van der Waals surface area (Å²) in [6, 6.07) is 11.1. The Balaban J connectivity index is 1.55. The second kappa shape index (κ2) is 9.30. The number of nitrogens with zero attached hydrogens (tertiary/aromatic N) is 4. The summed E-state index contributed by atoms with van der Waals surface area (Å²) < 4.78 is 15.1. The molecule has 0 aliphatic carbocycles. The van der Waals surface area contributed by atoms with Crippen LogP contribution in [0.5, 0.6) is 0 Å². The molecular weight excluding hydrogens is 471 g/mol. The number of hydrogen-bond acceptors (Lipinski definition) is 6. The second-order valence-electron chi connectivity index (χ2n) is 8.20. The zero-order valence-corrected chi connectivity index (χ0v) is 19.4. The number of fused-ring (bicyclic) bond motifs is 1. The summed E-state index contributed by atoms with van der Waals surface area (Å²) in [4.78, 5) is 46.9. The normalized spacial score (nSPS) is 13.9. The summed E-state index contributed by atoms with van der Waals surface area (Å²) >= 11 is 1.38. The largest absolute Gasteiger partial charge is 0.477 e. The van der Waals surface area contributed by atoms with E-state index in [1.165, 1.54) is 34.2 Å². The lowest BCUT2D eigenvalue weighted by atomic mass is 10.1. The van der Waals surface area contributed by atoms with Crippen LogP contribution in [0.1, 0.15) is 25.6 Å². The summed E-state index contributed by atoms with van der Waals surface area (Å²) in [5.41, 5.74) is 0.304. The van der Waals surface area contributed by atoms with Crippen LogP contribution in [0.2, 0.25) is 0 Å². The fourth-order valence-electron chi connectivity index (χ4n) is 4.47. The monoisotopic (exact) mass is 492 g/mol. The number of anilines is 1. The van der Waals surface area contributed by atoms with Gasteiger partial charge in [0.15, 0.2) is 0 Å². The molecule has 178 valence electrons. The van der Waals surface area contributed by atoms with Crippen molar-refractivity contribution in [2.24, 2.45) is 0 Å². The molecule has 1 fully saturated rings. The molecule has 1 N–H and O–H groups in total. The molecule has 35 heavy (non-hydrogen) atoms. The molecule has 0 unspecified atom stereocenters. The van der Waals surface area contributed by atoms with Crippen molar-refractivity contribution in [1.82, 2.24) is 14.5 Å². The Hall–Kier alpha value is -4.05. The molecule has 1 aliphatic heterocycles. The van der Waals surface area contributed by atoms with Gasteiger partial charge in [0.25, 0.3) is 11.5 Å². The number of thiophene rings is 1. The molecule has 1 aromatic carbocycles. The molecule has 4 heterocycles. The van der Waals surface area contributed by atoms with E-state index in [1.54, 1.807) is 35.4 Å². The maximum atomic E-state index is 13.8. The van der Waals surface area contributed by atoms with Gasteiger partial charge in [-0.15, -0.1) is 11.3 Å². The minimum Gasteiger partial charge on any atom is -0.477 e. The number of carboxylic acids is 1. The molecule has 0 atom stereocenters. The molecule has 5 rings (SSSR count). The Morgan fingerprint density at radius 3 is 2.57 bits per heavy atom. The van der Waals surface area contributed by atoms with Gasteiger partial charge in [0.2, 0.25) is 0 Å². The van der Waals surface area contributed by atoms with Gasteiger partial charge in [-0.3, -0.25) is 14.6 Å². The minimum absolute atomic E-state index is 0.0146. The van der Waals surface area contributed by atoms with Gasteiger partial charge >= 0.3 is 5.97 Å². The lowest BCUT2D eigenvalue weighted by Crippen LogP contribution is -2.49. The highest BCUT2D eigenvalue weighted by atomic mass is 32.1. The minimum atomic E-state index is -1.35. The Bertz CT molecular complexity index is 1480. The predicted octanol–water partition coefficient (Wildman–Crippen LogP) is 3.31. The van der Waals surface area contributed by atoms with E-state index in [9.17, 15) is 23.9 Å². The predicted molar refractivity (Wildman–Crippen MR) is 131 cm³/mol. The standard InChI is InChI=1S/C25H21FN4O4S/c26-17-4-1-3-16(13-17)15-30-19-6-7-27-14-18(19)22(21(24(30)32)25(33)34)28-8-10-29(11-9-28)23(31)20-5-2-12-35-20/h1-7,12-14H,8-11,15H2,(H,33,34). The number of carbonyl (C=O) groups excluding carboxylic acids is 1. The van der Waals surface area contributed by atoms with Crippen LogP contribution in [-0.2, 0) is 6.54 Å². The number of aromatic carboxylic acids is 1. The first-order chi connectivity index (χ1) is 16.9. The van der Waals surface area contributed by atoms with Gasteiger partial charge in [-0.05, 0) is 35.2 Å². The van der Waals surface area contributed by atoms with E-state index < -0.39 is 17.3 Å². The number of carbonyl (C=O) groups is 2. The summed E-state index contributed by atoms with van der Waals surface area (Å²) in [6.07, 6.45) is 3.08. The Morgan fingerprint density at radius 2 is 1.89 bits per heavy atom. The van der Waals surface area contributed by atoms with Crippen molar-refractivity contribution < 1.29 is 19.1 Å². The zero-order valence-electron chi connectivity index (χ0n) is 18.6. The van der Waals surface area contributed by atoms with Crippen molar-refractivity contribution in [3.63, 3.8) is 0 Å². The van der Waals surface area contributed by atoms with Crippen LogP contribution in [0.15, 0.2) is 65.0 Å². The van der Waals surface area contributed by atoms with E-state index in [0.717, 1.165) is 0 Å². The maximum Gasteiger partial charge on any atom is 0.343 e. The van der Waals surface area contributed by atoms with E-state index in [0.29, 0.717) is 53.2 Å². The number of hydrogen-bond donors (Lipinski definition) is 1. The molecule has 8 nitrogen and oxygen atoms in total. The molecule has 3 aromatic heterocycles. The number of amides is 1. The first-order valence-corrected chi connectivity index (χ1v) is 11.9. The lowest BCUT2D eigenvalue weighted by Gasteiger charge is -2.37. The van der Waals surface area contributed by atoms with Crippen LogP contribution in [0.3, 0.4) is 0 Å². The third-order valence-electron chi connectivity index (χ3n) is 6.10. The van der Waals surface area contributed by atoms with Crippen molar-refractivity contribution in [1.29, 1.82) is 0 Å². The SMILES string of the molecule is O=C(O)c1c(N2CCN(C(=O)c3cccs3)CC2)c2cnccc2n(Cc2cccc(F)c2)c1=O. The van der Waals surface area contributed by atoms with Crippen molar-refractivity contribution >= 4 is 39.8 Å². The first kappa shape index (κ1) is 22.7. The van der Waals surface area contributed by atoms with Gasteiger partial charge in [-0.25, -0.2) is 9.18 Å². The van der Waals surface area contributed by atoms with Gasteiger partial charge < -0.3 is 19.5 Å². The Kier molecular flexibility index (Phi) is 6.04. The third kappa shape index (κ3) is 4.28. The number of pyridine rings is 2. The molecular formula is C25H21FN4O4S. The summed E-state index contributed by atoms with van der Waals surface area (Å²) in [7, 11) is 0. The molecule has 4 aromatic rings. The van der Waals surface area contributed by atoms with E-state index in [2.05, 4.69) is 4.98 Å². The third-order valence-corrected chi connectivity index (χ3v) is 6.96. The van der Waals surface area contributed by atoms with Crippen LogP contribution in [0, 0.1) is 5.82 Å². The smallest absolute Gasteiger partial charge is 0.343 e. The highest BCUT2D eigenvalue weighted by Crippen LogP contribution is 2.30. The lowest BCUT2D eigenvalue weighted by molar-refractivity contribution is 0.0691. The highest BCUT2D eigenvalue weighted by molar-refractivity contribution is 7.12. The fraction of sp³-hybridized carbons (Fsp3) is 0.200. The summed E-state index contributed by atoms with van der Waals surface area (Å²) in [5.74, 6) is -1.84. The van der Waals surface area contributed by atoms with E-state index >= 15 is 0 Å². The van der Waals surface area contributed by atoms with Crippen molar-refractivity contribution in [3.8, 4) is 0 Å². The molecule has 1 saturated heterocycles. The number of piperazine rings is 1. The summed E-state index contributed by atoms with van der Waals surface area (Å²) in [6.45, 7) is 1.54. The van der Waals surface area contributed by atoms with E-state index in [1.807, 2.05) is 16.3 Å². The Morgan fingerprint density at radius 1 is 1.09 bits per heavy atom. The topological polar surface area (TPSA) is 95.7 Å². The first-order valence-electron chi connectivity index (χ1n) is 11.0. The number of rotatable bonds is 5. The molecule has 0 saturated carbocycles. The molecule has 1 aliphatic rings. The quantitative estimate of drug-likeness (QED) is 0.459. The zero-order chi connectivity index (χ0) is 24.5. The molecule has 10 heteroatoms. The fourth-order valence-corrected chi connectivity index (χ4v) is 5.16. The number of aromatic nitrogens is 2. The average Bonchev–Trinajstić information content (AvgIpc) is 3.40. The second-order valence-corrected chi connectivity index (χ2v) is 9.15. The van der Waals surface area contributed by atoms with Crippen LogP contribution < -0.4 is 10.5 Å². The van der Waals surface area contributed by atoms with Crippen LogP contribution in [-0.4, -0.2) is 57.6 Å². The van der Waals surface area contributed by atoms with Crippen LogP contribution in [0.4, 0.5) is 10.1 Å². The van der Waals surface area contributed by atoms with Gasteiger partial charge in [-0.1, -0.05) is 18.2 Å². The van der Waals surface area contributed by atoms with Crippen molar-refractivity contribution in [3.05, 3.63) is 92.4 Å². The Labute approximate surface area is 203 Å². The van der Waals surface area contributed by atoms with Crippen molar-refractivity contribution in [2.75, 3.05) is 31.1 Å². The summed E-state index contributed by atoms with van der Waals surface area (Å²) in [5, 5.41) is 12.4. The van der Waals surface area contributed by atoms with E-state index in [-0.39, 0.29) is 18.0 Å². The molecule has 0 bridgehead atoms. The van der Waals surface area contributed by atoms with Crippen LogP contribution in [0.25, 0.3) is 10.9 Å². The number of halogens is 1. The van der Waals surface area contributed by atoms with Crippen molar-refractivity contribution in [2.45, 2.75) is 6.54 Å². The van der Waals surface area contributed by atoms with E-state index in [4.69, 9.17) is 0 Å². The number of carboxylic acid groups (broad SMARTS) is 1. The van der Waals surface area contributed by atoms with Crippen LogP contribution >= 0.6 is 11.3 Å². The molecule has 0 radical (unpaired) electrons. The number of benzene rings is 1. The highest BCUT2D eigenvalue weighted by Gasteiger charge is 2.30. The van der Waals surface area contributed by atoms with Gasteiger partial charge in [-0.2, -0.15) is 0 Å². The molecule has 1 amide bonds. The molecule has 0 spiro atoms. The average molecular weight is 493 g/mol.